The van der Waals surface area contributed by atoms with Crippen molar-refractivity contribution in [2.75, 3.05) is 13.7 Å². The van der Waals surface area contributed by atoms with Crippen LogP contribution in [-0.4, -0.2) is 25.5 Å². The molecule has 0 unspecified atom stereocenters. The van der Waals surface area contributed by atoms with Crippen LogP contribution >= 0.6 is 0 Å². The van der Waals surface area contributed by atoms with Crippen molar-refractivity contribution >= 4 is 11.8 Å². The Kier molecular flexibility index (Phi) is 6.69. The molecule has 1 aromatic carbocycles. The predicted molar refractivity (Wildman–Crippen MR) is 117 cm³/mol. The summed E-state index contributed by atoms with van der Waals surface area (Å²) < 4.78 is 11.2. The van der Waals surface area contributed by atoms with E-state index in [2.05, 4.69) is 26.1 Å². The molecule has 0 amide bonds. The standard InChI is InChI=1S/C25H33NO4/c1-6-7-10-13-30-24(28)21-16(2)26-18-14-25(3,4)15-19(27)23(18)22(21)17-11-8-9-12-20(17)29-5/h8-9,11-12,22,26H,6-7,10,13-15H2,1-5H3/t22-/m1/s1. The molecule has 0 saturated heterocycles. The molecule has 0 bridgehead atoms. The van der Waals surface area contributed by atoms with Crippen molar-refractivity contribution in [3.63, 3.8) is 0 Å². The normalized spacial score (nSPS) is 20.6. The Labute approximate surface area is 179 Å². The third-order valence-electron chi connectivity index (χ3n) is 5.89. The van der Waals surface area contributed by atoms with E-state index >= 15 is 0 Å². The van der Waals surface area contributed by atoms with Crippen molar-refractivity contribution in [2.45, 2.75) is 65.7 Å². The third kappa shape index (κ3) is 4.45. The summed E-state index contributed by atoms with van der Waals surface area (Å²) in [6.45, 7) is 8.59. The van der Waals surface area contributed by atoms with Crippen molar-refractivity contribution in [1.29, 1.82) is 0 Å². The second-order valence-corrected chi connectivity index (χ2v) is 9.01. The molecule has 162 valence electrons. The first-order chi connectivity index (χ1) is 14.3. The molecule has 5 nitrogen and oxygen atoms in total. The largest absolute Gasteiger partial charge is 0.496 e. The van der Waals surface area contributed by atoms with Gasteiger partial charge < -0.3 is 14.8 Å². The number of carbonyl (C=O) groups excluding carboxylic acids is 2. The van der Waals surface area contributed by atoms with Gasteiger partial charge in [-0.1, -0.05) is 51.8 Å². The Morgan fingerprint density at radius 1 is 1.20 bits per heavy atom. The monoisotopic (exact) mass is 411 g/mol. The third-order valence-corrected chi connectivity index (χ3v) is 5.89. The lowest BCUT2D eigenvalue weighted by molar-refractivity contribution is -0.139. The molecular weight excluding hydrogens is 378 g/mol. The number of ether oxygens (including phenoxy) is 2. The number of hydrogen-bond acceptors (Lipinski definition) is 5. The van der Waals surface area contributed by atoms with E-state index in [0.29, 0.717) is 29.9 Å². The number of para-hydroxylation sites is 1. The van der Waals surface area contributed by atoms with E-state index in [0.717, 1.165) is 42.6 Å². The van der Waals surface area contributed by atoms with Gasteiger partial charge in [0.1, 0.15) is 5.75 Å². The van der Waals surface area contributed by atoms with Crippen LogP contribution in [0.3, 0.4) is 0 Å². The second-order valence-electron chi connectivity index (χ2n) is 9.01. The molecule has 1 aliphatic heterocycles. The number of carbonyl (C=O) groups is 2. The van der Waals surface area contributed by atoms with E-state index in [1.165, 1.54) is 0 Å². The van der Waals surface area contributed by atoms with Gasteiger partial charge in [-0.05, 0) is 31.2 Å². The molecule has 0 radical (unpaired) electrons. The van der Waals surface area contributed by atoms with E-state index in [1.807, 2.05) is 31.2 Å². The van der Waals surface area contributed by atoms with Crippen molar-refractivity contribution < 1.29 is 19.1 Å². The number of ketones is 1. The van der Waals surface area contributed by atoms with Gasteiger partial charge in [-0.15, -0.1) is 0 Å². The summed E-state index contributed by atoms with van der Waals surface area (Å²) in [5.41, 5.74) is 3.53. The summed E-state index contributed by atoms with van der Waals surface area (Å²) in [4.78, 5) is 26.5. The van der Waals surface area contributed by atoms with Gasteiger partial charge in [-0.25, -0.2) is 4.79 Å². The summed E-state index contributed by atoms with van der Waals surface area (Å²) in [5, 5.41) is 3.37. The van der Waals surface area contributed by atoms with Gasteiger partial charge in [0, 0.05) is 29.0 Å². The highest BCUT2D eigenvalue weighted by Crippen LogP contribution is 2.48. The van der Waals surface area contributed by atoms with Crippen LogP contribution in [0.2, 0.25) is 0 Å². The van der Waals surface area contributed by atoms with Crippen molar-refractivity contribution in [3.8, 4) is 5.75 Å². The lowest BCUT2D eigenvalue weighted by Gasteiger charge is -2.39. The summed E-state index contributed by atoms with van der Waals surface area (Å²) in [5.74, 6) is -0.109. The van der Waals surface area contributed by atoms with Crippen LogP contribution < -0.4 is 10.1 Å². The van der Waals surface area contributed by atoms with Gasteiger partial charge >= 0.3 is 5.97 Å². The highest BCUT2D eigenvalue weighted by molar-refractivity contribution is 6.04. The fourth-order valence-electron chi connectivity index (χ4n) is 4.52. The van der Waals surface area contributed by atoms with Crippen LogP contribution in [0.5, 0.6) is 5.75 Å². The molecular formula is C25H33NO4. The highest BCUT2D eigenvalue weighted by atomic mass is 16.5. The SMILES string of the molecule is CCCCCOC(=O)C1=C(C)NC2=C(C(=O)CC(C)(C)C2)[C@@H]1c1ccccc1OC. The number of methoxy groups -OCH3 is 1. The summed E-state index contributed by atoms with van der Waals surface area (Å²) in [6.07, 6.45) is 4.13. The molecule has 0 fully saturated rings. The zero-order valence-corrected chi connectivity index (χ0v) is 18.8. The maximum Gasteiger partial charge on any atom is 0.336 e. The van der Waals surface area contributed by atoms with Gasteiger partial charge in [0.05, 0.1) is 25.2 Å². The number of benzene rings is 1. The maximum atomic E-state index is 13.3. The van der Waals surface area contributed by atoms with E-state index in [-0.39, 0.29) is 17.2 Å². The molecule has 2 aliphatic rings. The minimum atomic E-state index is -0.486. The van der Waals surface area contributed by atoms with Gasteiger partial charge in [0.25, 0.3) is 0 Å². The molecule has 1 aliphatic carbocycles. The molecule has 1 aromatic rings. The Bertz CT molecular complexity index is 894. The molecule has 0 saturated carbocycles. The molecule has 5 heteroatoms. The van der Waals surface area contributed by atoms with Crippen LogP contribution in [0.4, 0.5) is 0 Å². The number of allylic oxidation sites excluding steroid dienone is 3. The average Bonchev–Trinajstić information content (AvgIpc) is 2.69. The van der Waals surface area contributed by atoms with Crippen LogP contribution in [-0.2, 0) is 14.3 Å². The quantitative estimate of drug-likeness (QED) is 0.503. The summed E-state index contributed by atoms with van der Waals surface area (Å²) in [6, 6.07) is 7.61. The Hall–Kier alpha value is -2.56. The fraction of sp³-hybridized carbons (Fsp3) is 0.520. The summed E-state index contributed by atoms with van der Waals surface area (Å²) >= 11 is 0. The van der Waals surface area contributed by atoms with E-state index in [4.69, 9.17) is 9.47 Å². The van der Waals surface area contributed by atoms with Crippen molar-refractivity contribution in [3.05, 3.63) is 52.4 Å². The molecule has 0 spiro atoms. The maximum absolute atomic E-state index is 13.3. The van der Waals surface area contributed by atoms with Gasteiger partial charge in [-0.3, -0.25) is 4.79 Å². The zero-order valence-electron chi connectivity index (χ0n) is 18.8. The van der Waals surface area contributed by atoms with Gasteiger partial charge in [-0.2, -0.15) is 0 Å². The molecule has 1 atom stereocenters. The lowest BCUT2D eigenvalue weighted by Crippen LogP contribution is -2.38. The van der Waals surface area contributed by atoms with Gasteiger partial charge in [0.15, 0.2) is 5.78 Å². The smallest absolute Gasteiger partial charge is 0.336 e. The second kappa shape index (κ2) is 9.07. The van der Waals surface area contributed by atoms with E-state index in [9.17, 15) is 9.59 Å². The molecule has 1 N–H and O–H groups in total. The molecule has 3 rings (SSSR count). The van der Waals surface area contributed by atoms with E-state index < -0.39 is 5.92 Å². The minimum absolute atomic E-state index is 0.0773. The number of unbranched alkanes of at least 4 members (excludes halogenated alkanes) is 2. The number of dihydropyridines is 1. The number of rotatable bonds is 7. The van der Waals surface area contributed by atoms with Gasteiger partial charge in [0.2, 0.25) is 0 Å². The topological polar surface area (TPSA) is 64.6 Å². The van der Waals surface area contributed by atoms with Crippen LogP contribution in [0, 0.1) is 5.41 Å². The zero-order chi connectivity index (χ0) is 21.9. The number of hydrogen-bond donors (Lipinski definition) is 1. The number of esters is 1. The summed E-state index contributed by atoms with van der Waals surface area (Å²) in [7, 11) is 1.61. The van der Waals surface area contributed by atoms with Crippen LogP contribution in [0.25, 0.3) is 0 Å². The number of Topliss-reactive ketones (excluding diaryl/α,β-unsaturated/α-hetero) is 1. The first kappa shape index (κ1) is 22.1. The molecule has 1 heterocycles. The average molecular weight is 412 g/mol. The van der Waals surface area contributed by atoms with E-state index in [1.54, 1.807) is 7.11 Å². The van der Waals surface area contributed by atoms with Crippen LogP contribution in [0.1, 0.15) is 71.3 Å². The Balaban J connectivity index is 2.07. The highest BCUT2D eigenvalue weighted by Gasteiger charge is 2.43. The first-order valence-electron chi connectivity index (χ1n) is 10.8. The predicted octanol–water partition coefficient (Wildman–Crippen LogP) is 5.03. The molecule has 30 heavy (non-hydrogen) atoms. The van der Waals surface area contributed by atoms with Crippen molar-refractivity contribution in [2.24, 2.45) is 5.41 Å². The fourth-order valence-corrected chi connectivity index (χ4v) is 4.52. The first-order valence-corrected chi connectivity index (χ1v) is 10.8. The van der Waals surface area contributed by atoms with Crippen LogP contribution in [0.15, 0.2) is 46.8 Å². The molecule has 0 aromatic heterocycles. The lowest BCUT2D eigenvalue weighted by atomic mass is 9.68. The number of nitrogens with one attached hydrogen (secondary N) is 1. The minimum Gasteiger partial charge on any atom is -0.496 e. The van der Waals surface area contributed by atoms with Crippen molar-refractivity contribution in [1.82, 2.24) is 5.32 Å². The Morgan fingerprint density at radius 3 is 2.63 bits per heavy atom. The Morgan fingerprint density at radius 2 is 1.93 bits per heavy atom.